The molecule has 1 aromatic carbocycles. The van der Waals surface area contributed by atoms with Crippen molar-refractivity contribution in [2.24, 2.45) is 11.7 Å². The standard InChI is InChI=1S/C12H18FNO/c1-8(2)12(7-14)15-11-6-10(13)5-4-9(11)3/h4-6,8,12H,7,14H2,1-3H3. The lowest BCUT2D eigenvalue weighted by Gasteiger charge is -2.22. The molecule has 0 aliphatic heterocycles. The van der Waals surface area contributed by atoms with Crippen LogP contribution in [0.3, 0.4) is 0 Å². The lowest BCUT2D eigenvalue weighted by atomic mass is 10.1. The Morgan fingerprint density at radius 1 is 1.40 bits per heavy atom. The second-order valence-corrected chi connectivity index (χ2v) is 4.05. The molecule has 15 heavy (non-hydrogen) atoms. The normalized spacial score (nSPS) is 12.9. The van der Waals surface area contributed by atoms with Crippen molar-refractivity contribution in [2.45, 2.75) is 26.9 Å². The summed E-state index contributed by atoms with van der Waals surface area (Å²) < 4.78 is 18.7. The number of ether oxygens (including phenoxy) is 1. The first-order valence-electron chi connectivity index (χ1n) is 5.17. The van der Waals surface area contributed by atoms with Crippen molar-refractivity contribution in [1.29, 1.82) is 0 Å². The second kappa shape index (κ2) is 5.12. The van der Waals surface area contributed by atoms with E-state index in [1.54, 1.807) is 6.07 Å². The molecule has 0 fully saturated rings. The zero-order chi connectivity index (χ0) is 11.4. The van der Waals surface area contributed by atoms with Gasteiger partial charge >= 0.3 is 0 Å². The van der Waals surface area contributed by atoms with Crippen LogP contribution >= 0.6 is 0 Å². The summed E-state index contributed by atoms with van der Waals surface area (Å²) in [7, 11) is 0. The number of hydrogen-bond acceptors (Lipinski definition) is 2. The number of benzene rings is 1. The number of halogens is 1. The van der Waals surface area contributed by atoms with Gasteiger partial charge in [0.1, 0.15) is 17.7 Å². The third-order valence-corrected chi connectivity index (χ3v) is 2.40. The van der Waals surface area contributed by atoms with Gasteiger partial charge in [0.15, 0.2) is 0 Å². The smallest absolute Gasteiger partial charge is 0.126 e. The van der Waals surface area contributed by atoms with Crippen molar-refractivity contribution in [2.75, 3.05) is 6.54 Å². The predicted molar refractivity (Wildman–Crippen MR) is 59.4 cm³/mol. The Labute approximate surface area is 90.2 Å². The molecule has 0 saturated heterocycles. The molecule has 2 N–H and O–H groups in total. The zero-order valence-electron chi connectivity index (χ0n) is 9.46. The average molecular weight is 211 g/mol. The fourth-order valence-corrected chi connectivity index (χ4v) is 1.32. The van der Waals surface area contributed by atoms with Crippen LogP contribution in [0.4, 0.5) is 4.39 Å². The van der Waals surface area contributed by atoms with Crippen molar-refractivity contribution < 1.29 is 9.13 Å². The van der Waals surface area contributed by atoms with Crippen LogP contribution in [0.15, 0.2) is 18.2 Å². The van der Waals surface area contributed by atoms with Gasteiger partial charge in [-0.1, -0.05) is 19.9 Å². The molecule has 0 radical (unpaired) electrons. The van der Waals surface area contributed by atoms with E-state index in [1.165, 1.54) is 12.1 Å². The van der Waals surface area contributed by atoms with Crippen molar-refractivity contribution in [3.8, 4) is 5.75 Å². The first-order valence-corrected chi connectivity index (χ1v) is 5.17. The number of nitrogens with two attached hydrogens (primary N) is 1. The summed E-state index contributed by atoms with van der Waals surface area (Å²) in [6.07, 6.45) is -0.0644. The summed E-state index contributed by atoms with van der Waals surface area (Å²) in [5.74, 6) is 0.618. The summed E-state index contributed by atoms with van der Waals surface area (Å²) in [5.41, 5.74) is 6.52. The molecule has 3 heteroatoms. The van der Waals surface area contributed by atoms with Crippen LogP contribution < -0.4 is 10.5 Å². The molecule has 84 valence electrons. The van der Waals surface area contributed by atoms with E-state index in [4.69, 9.17) is 10.5 Å². The fourth-order valence-electron chi connectivity index (χ4n) is 1.32. The number of hydrogen-bond donors (Lipinski definition) is 1. The van der Waals surface area contributed by atoms with Crippen molar-refractivity contribution in [3.63, 3.8) is 0 Å². The van der Waals surface area contributed by atoms with Crippen LogP contribution in [-0.2, 0) is 0 Å². The molecule has 0 saturated carbocycles. The summed E-state index contributed by atoms with van der Waals surface area (Å²) in [6.45, 7) is 6.40. The van der Waals surface area contributed by atoms with E-state index in [9.17, 15) is 4.39 Å². The largest absolute Gasteiger partial charge is 0.488 e. The van der Waals surface area contributed by atoms with E-state index < -0.39 is 0 Å². The molecule has 0 spiro atoms. The van der Waals surface area contributed by atoms with Crippen molar-refractivity contribution >= 4 is 0 Å². The van der Waals surface area contributed by atoms with Gasteiger partial charge in [-0.2, -0.15) is 0 Å². The maximum absolute atomic E-state index is 13.0. The highest BCUT2D eigenvalue weighted by Crippen LogP contribution is 2.21. The first kappa shape index (κ1) is 12.0. The van der Waals surface area contributed by atoms with E-state index in [0.717, 1.165) is 5.56 Å². The zero-order valence-corrected chi connectivity index (χ0v) is 9.46. The molecule has 0 aliphatic carbocycles. The Bertz CT molecular complexity index is 325. The van der Waals surface area contributed by atoms with E-state index in [1.807, 2.05) is 20.8 Å². The van der Waals surface area contributed by atoms with Gasteiger partial charge in [-0.05, 0) is 24.5 Å². The van der Waals surface area contributed by atoms with Crippen LogP contribution in [0.1, 0.15) is 19.4 Å². The minimum Gasteiger partial charge on any atom is -0.488 e. The molecular weight excluding hydrogens is 193 g/mol. The van der Waals surface area contributed by atoms with Crippen molar-refractivity contribution in [1.82, 2.24) is 0 Å². The fraction of sp³-hybridized carbons (Fsp3) is 0.500. The number of rotatable bonds is 4. The first-order chi connectivity index (χ1) is 7.04. The van der Waals surface area contributed by atoms with Crippen LogP contribution in [0.25, 0.3) is 0 Å². The van der Waals surface area contributed by atoms with Crippen LogP contribution in [0.5, 0.6) is 5.75 Å². The molecule has 1 rings (SSSR count). The molecule has 1 aromatic rings. The molecular formula is C12H18FNO. The highest BCUT2D eigenvalue weighted by atomic mass is 19.1. The Kier molecular flexibility index (Phi) is 4.09. The summed E-state index contributed by atoms with van der Waals surface area (Å²) in [6, 6.07) is 4.54. The third-order valence-electron chi connectivity index (χ3n) is 2.40. The van der Waals surface area contributed by atoms with Gasteiger partial charge in [0.05, 0.1) is 0 Å². The highest BCUT2D eigenvalue weighted by molar-refractivity contribution is 5.32. The summed E-state index contributed by atoms with van der Waals surface area (Å²) in [5, 5.41) is 0. The Morgan fingerprint density at radius 3 is 2.60 bits per heavy atom. The van der Waals surface area contributed by atoms with E-state index in [-0.39, 0.29) is 11.9 Å². The molecule has 1 atom stereocenters. The Morgan fingerprint density at radius 2 is 2.07 bits per heavy atom. The third kappa shape index (κ3) is 3.20. The van der Waals surface area contributed by atoms with E-state index in [0.29, 0.717) is 18.2 Å². The van der Waals surface area contributed by atoms with Gasteiger partial charge in [-0.15, -0.1) is 0 Å². The molecule has 0 amide bonds. The molecule has 0 aromatic heterocycles. The molecule has 0 aliphatic rings. The van der Waals surface area contributed by atoms with Gasteiger partial charge < -0.3 is 10.5 Å². The predicted octanol–water partition coefficient (Wildman–Crippen LogP) is 2.50. The van der Waals surface area contributed by atoms with Gasteiger partial charge in [-0.3, -0.25) is 0 Å². The van der Waals surface area contributed by atoms with Crippen molar-refractivity contribution in [3.05, 3.63) is 29.6 Å². The topological polar surface area (TPSA) is 35.2 Å². The molecule has 1 unspecified atom stereocenters. The number of aryl methyl sites for hydroxylation is 1. The maximum atomic E-state index is 13.0. The van der Waals surface area contributed by atoms with E-state index in [2.05, 4.69) is 0 Å². The second-order valence-electron chi connectivity index (χ2n) is 4.05. The van der Waals surface area contributed by atoms with E-state index >= 15 is 0 Å². The minimum absolute atomic E-state index is 0.0644. The van der Waals surface area contributed by atoms with Crippen LogP contribution in [0, 0.1) is 18.7 Å². The quantitative estimate of drug-likeness (QED) is 0.830. The van der Waals surface area contributed by atoms with Gasteiger partial charge in [0.2, 0.25) is 0 Å². The minimum atomic E-state index is -0.282. The molecule has 2 nitrogen and oxygen atoms in total. The lowest BCUT2D eigenvalue weighted by Crippen LogP contribution is -2.32. The Balaban J connectivity index is 2.82. The SMILES string of the molecule is Cc1ccc(F)cc1OC(CN)C(C)C. The Hall–Kier alpha value is -1.09. The van der Waals surface area contributed by atoms with Gasteiger partial charge in [-0.25, -0.2) is 4.39 Å². The highest BCUT2D eigenvalue weighted by Gasteiger charge is 2.14. The van der Waals surface area contributed by atoms with Crippen LogP contribution in [0.2, 0.25) is 0 Å². The summed E-state index contributed by atoms with van der Waals surface area (Å²) >= 11 is 0. The molecule has 0 heterocycles. The van der Waals surface area contributed by atoms with Gasteiger partial charge in [0.25, 0.3) is 0 Å². The monoisotopic (exact) mass is 211 g/mol. The average Bonchev–Trinajstić information content (AvgIpc) is 2.18. The lowest BCUT2D eigenvalue weighted by molar-refractivity contribution is 0.157. The molecule has 0 bridgehead atoms. The van der Waals surface area contributed by atoms with Crippen LogP contribution in [-0.4, -0.2) is 12.6 Å². The summed E-state index contributed by atoms with van der Waals surface area (Å²) in [4.78, 5) is 0. The maximum Gasteiger partial charge on any atom is 0.126 e. The van der Waals surface area contributed by atoms with Gasteiger partial charge in [0, 0.05) is 12.6 Å².